The van der Waals surface area contributed by atoms with Gasteiger partial charge in [0.1, 0.15) is 24.0 Å². The van der Waals surface area contributed by atoms with Crippen LogP contribution in [0.2, 0.25) is 0 Å². The third-order valence-corrected chi connectivity index (χ3v) is 3.48. The molecule has 0 spiro atoms. The van der Waals surface area contributed by atoms with Crippen LogP contribution < -0.4 is 10.1 Å². The summed E-state index contributed by atoms with van der Waals surface area (Å²) in [6, 6.07) is 11.9. The third-order valence-electron chi connectivity index (χ3n) is 3.48. The summed E-state index contributed by atoms with van der Waals surface area (Å²) in [6.45, 7) is 1.02. The maximum Gasteiger partial charge on any atom is 0.317 e. The van der Waals surface area contributed by atoms with Gasteiger partial charge in [-0.25, -0.2) is 13.6 Å². The van der Waals surface area contributed by atoms with E-state index in [1.54, 1.807) is 25.2 Å². The second-order valence-corrected chi connectivity index (χ2v) is 5.30. The summed E-state index contributed by atoms with van der Waals surface area (Å²) in [4.78, 5) is 13.4. The van der Waals surface area contributed by atoms with E-state index in [4.69, 9.17) is 4.74 Å². The van der Waals surface area contributed by atoms with E-state index >= 15 is 0 Å². The number of hydrogen-bond donors (Lipinski definition) is 1. The summed E-state index contributed by atoms with van der Waals surface area (Å²) < 4.78 is 31.7. The Kier molecular flexibility index (Phi) is 6.54. The minimum absolute atomic E-state index is 0.256. The molecular weight excluding hydrogens is 314 g/mol. The van der Waals surface area contributed by atoms with E-state index in [0.29, 0.717) is 37.4 Å². The molecule has 0 saturated carbocycles. The van der Waals surface area contributed by atoms with Crippen molar-refractivity contribution in [2.45, 2.75) is 6.42 Å². The monoisotopic (exact) mass is 334 g/mol. The van der Waals surface area contributed by atoms with E-state index in [9.17, 15) is 13.6 Å². The van der Waals surface area contributed by atoms with Crippen molar-refractivity contribution in [1.29, 1.82) is 0 Å². The number of benzene rings is 2. The van der Waals surface area contributed by atoms with Gasteiger partial charge >= 0.3 is 6.03 Å². The van der Waals surface area contributed by atoms with E-state index in [1.165, 1.54) is 35.2 Å². The fraction of sp³-hybridized carbons (Fsp3) is 0.278. The lowest BCUT2D eigenvalue weighted by Gasteiger charge is -2.18. The van der Waals surface area contributed by atoms with Crippen molar-refractivity contribution in [2.24, 2.45) is 0 Å². The van der Waals surface area contributed by atoms with Crippen LogP contribution in [-0.2, 0) is 6.42 Å². The highest BCUT2D eigenvalue weighted by atomic mass is 19.1. The topological polar surface area (TPSA) is 41.6 Å². The molecule has 24 heavy (non-hydrogen) atoms. The minimum atomic E-state index is -0.325. The Labute approximate surface area is 140 Å². The number of carbonyl (C=O) groups excluding carboxylic acids is 1. The van der Waals surface area contributed by atoms with Crippen LogP contribution in [0.25, 0.3) is 0 Å². The Hall–Kier alpha value is -2.63. The van der Waals surface area contributed by atoms with E-state index in [2.05, 4.69) is 5.32 Å². The van der Waals surface area contributed by atoms with Crippen molar-refractivity contribution in [3.05, 3.63) is 65.7 Å². The van der Waals surface area contributed by atoms with Crippen molar-refractivity contribution in [1.82, 2.24) is 10.2 Å². The first-order chi connectivity index (χ1) is 11.6. The predicted molar refractivity (Wildman–Crippen MR) is 88.0 cm³/mol. The number of urea groups is 1. The van der Waals surface area contributed by atoms with Crippen LogP contribution in [0.4, 0.5) is 13.6 Å². The van der Waals surface area contributed by atoms with Gasteiger partial charge < -0.3 is 15.0 Å². The lowest BCUT2D eigenvalue weighted by Crippen LogP contribution is -2.40. The number of rotatable bonds is 7. The van der Waals surface area contributed by atoms with Crippen molar-refractivity contribution >= 4 is 6.03 Å². The Morgan fingerprint density at radius 1 is 1.12 bits per heavy atom. The van der Waals surface area contributed by atoms with Crippen molar-refractivity contribution in [3.63, 3.8) is 0 Å². The smallest absolute Gasteiger partial charge is 0.317 e. The second kappa shape index (κ2) is 8.86. The van der Waals surface area contributed by atoms with Gasteiger partial charge in [-0.3, -0.25) is 0 Å². The molecule has 1 N–H and O–H groups in total. The van der Waals surface area contributed by atoms with Gasteiger partial charge in [-0.2, -0.15) is 0 Å². The molecule has 0 aliphatic carbocycles. The maximum atomic E-state index is 13.5. The van der Waals surface area contributed by atoms with Crippen LogP contribution in [-0.4, -0.2) is 37.7 Å². The standard InChI is InChI=1S/C18H20F2N2O2/c1-22(12-13-24-16-8-6-15(19)7-9-16)18(23)21-11-10-14-4-2-3-5-17(14)20/h2-9H,10-13H2,1H3,(H,21,23). The van der Waals surface area contributed by atoms with Gasteiger partial charge in [0, 0.05) is 13.6 Å². The van der Waals surface area contributed by atoms with Crippen molar-refractivity contribution < 1.29 is 18.3 Å². The van der Waals surface area contributed by atoms with Crippen LogP contribution in [0.5, 0.6) is 5.75 Å². The van der Waals surface area contributed by atoms with E-state index in [1.807, 2.05) is 0 Å². The second-order valence-electron chi connectivity index (χ2n) is 5.30. The quantitative estimate of drug-likeness (QED) is 0.845. The van der Waals surface area contributed by atoms with Gasteiger partial charge in [-0.05, 0) is 42.3 Å². The zero-order valence-corrected chi connectivity index (χ0v) is 13.5. The van der Waals surface area contributed by atoms with Crippen molar-refractivity contribution in [3.8, 4) is 5.75 Å². The average Bonchev–Trinajstić information content (AvgIpc) is 2.58. The molecule has 2 aromatic carbocycles. The molecule has 0 aliphatic heterocycles. The predicted octanol–water partition coefficient (Wildman–Crippen LogP) is 3.23. The first-order valence-corrected chi connectivity index (χ1v) is 7.67. The largest absolute Gasteiger partial charge is 0.492 e. The van der Waals surface area contributed by atoms with E-state index < -0.39 is 0 Å². The SMILES string of the molecule is CN(CCOc1ccc(F)cc1)C(=O)NCCc1ccccc1F. The molecular formula is C18H20F2N2O2. The molecule has 0 atom stereocenters. The minimum Gasteiger partial charge on any atom is -0.492 e. The number of amides is 2. The lowest BCUT2D eigenvalue weighted by molar-refractivity contribution is 0.195. The normalized spacial score (nSPS) is 10.3. The fourth-order valence-electron chi connectivity index (χ4n) is 2.07. The Morgan fingerprint density at radius 3 is 2.54 bits per heavy atom. The molecule has 2 aromatic rings. The van der Waals surface area contributed by atoms with Gasteiger partial charge in [-0.15, -0.1) is 0 Å². The number of halogens is 2. The molecule has 0 radical (unpaired) electrons. The highest BCUT2D eigenvalue weighted by Crippen LogP contribution is 2.10. The number of carbonyl (C=O) groups is 1. The third kappa shape index (κ3) is 5.53. The summed E-state index contributed by atoms with van der Waals surface area (Å²) in [5.41, 5.74) is 0.570. The highest BCUT2D eigenvalue weighted by Gasteiger charge is 2.08. The van der Waals surface area contributed by atoms with Crippen LogP contribution in [0.15, 0.2) is 48.5 Å². The van der Waals surface area contributed by atoms with Crippen LogP contribution in [0, 0.1) is 11.6 Å². The summed E-state index contributed by atoms with van der Waals surface area (Å²) in [7, 11) is 1.65. The Morgan fingerprint density at radius 2 is 1.83 bits per heavy atom. The van der Waals surface area contributed by atoms with Gasteiger partial charge in [0.05, 0.1) is 6.54 Å². The summed E-state index contributed by atoms with van der Waals surface area (Å²) in [6.07, 6.45) is 0.429. The summed E-state index contributed by atoms with van der Waals surface area (Å²) in [5.74, 6) is -0.0498. The van der Waals surface area contributed by atoms with Gasteiger partial charge in [-0.1, -0.05) is 18.2 Å². The molecule has 0 aromatic heterocycles. The zero-order valence-electron chi connectivity index (χ0n) is 13.5. The Bertz CT molecular complexity index is 662. The van der Waals surface area contributed by atoms with Gasteiger partial charge in [0.2, 0.25) is 0 Å². The number of likely N-dealkylation sites (N-methyl/N-ethyl adjacent to an activating group) is 1. The summed E-state index contributed by atoms with van der Waals surface area (Å²) in [5, 5.41) is 2.73. The number of hydrogen-bond acceptors (Lipinski definition) is 2. The molecule has 0 fully saturated rings. The van der Waals surface area contributed by atoms with Crippen LogP contribution >= 0.6 is 0 Å². The molecule has 0 aliphatic rings. The van der Waals surface area contributed by atoms with Crippen LogP contribution in [0.3, 0.4) is 0 Å². The molecule has 6 heteroatoms. The molecule has 0 saturated heterocycles. The first kappa shape index (κ1) is 17.7. The molecule has 4 nitrogen and oxygen atoms in total. The van der Waals surface area contributed by atoms with E-state index in [0.717, 1.165) is 0 Å². The molecule has 2 rings (SSSR count). The zero-order chi connectivity index (χ0) is 17.4. The lowest BCUT2D eigenvalue weighted by atomic mass is 10.1. The first-order valence-electron chi connectivity index (χ1n) is 7.67. The molecule has 2 amide bonds. The van der Waals surface area contributed by atoms with Gasteiger partial charge in [0.15, 0.2) is 0 Å². The van der Waals surface area contributed by atoms with E-state index in [-0.39, 0.29) is 17.7 Å². The fourth-order valence-corrected chi connectivity index (χ4v) is 2.07. The maximum absolute atomic E-state index is 13.5. The highest BCUT2D eigenvalue weighted by molar-refractivity contribution is 5.73. The molecule has 0 unspecified atom stereocenters. The molecule has 0 bridgehead atoms. The number of nitrogens with one attached hydrogen (secondary N) is 1. The summed E-state index contributed by atoms with van der Waals surface area (Å²) >= 11 is 0. The Balaban J connectivity index is 1.66. The van der Waals surface area contributed by atoms with Crippen LogP contribution in [0.1, 0.15) is 5.56 Å². The number of ether oxygens (including phenoxy) is 1. The molecule has 0 heterocycles. The average molecular weight is 334 g/mol. The van der Waals surface area contributed by atoms with Crippen molar-refractivity contribution in [2.75, 3.05) is 26.7 Å². The number of nitrogens with zero attached hydrogens (tertiary/aromatic N) is 1. The molecule has 128 valence electrons. The van der Waals surface area contributed by atoms with Gasteiger partial charge in [0.25, 0.3) is 0 Å².